The molecule has 0 radical (unpaired) electrons. The van der Waals surface area contributed by atoms with E-state index in [1.807, 2.05) is 6.92 Å². The first kappa shape index (κ1) is 16.8. The molecule has 2 nitrogen and oxygen atoms in total. The highest BCUT2D eigenvalue weighted by atomic mass is 32.2. The Hall–Kier alpha value is -0.250. The van der Waals surface area contributed by atoms with Crippen molar-refractivity contribution in [1.82, 2.24) is 0 Å². The van der Waals surface area contributed by atoms with Crippen LogP contribution in [0.2, 0.25) is 0 Å². The van der Waals surface area contributed by atoms with Gasteiger partial charge in [-0.25, -0.2) is 4.39 Å². The lowest BCUT2D eigenvalue weighted by atomic mass is 10.2. The third kappa shape index (κ3) is 10.6. The molecule has 0 aromatic carbocycles. The molecule has 4 heteroatoms. The lowest BCUT2D eigenvalue weighted by molar-refractivity contribution is -0.142. The predicted molar refractivity (Wildman–Crippen MR) is 72.2 cm³/mol. The maximum atomic E-state index is 12.5. The Labute approximate surface area is 109 Å². The topological polar surface area (TPSA) is 26.3 Å². The van der Waals surface area contributed by atoms with Crippen molar-refractivity contribution in [3.8, 4) is 0 Å². The van der Waals surface area contributed by atoms with Crippen LogP contribution in [0.5, 0.6) is 0 Å². The molecule has 0 aliphatic heterocycles. The van der Waals surface area contributed by atoms with Gasteiger partial charge < -0.3 is 4.74 Å². The number of thioether (sulfide) groups is 1. The molecule has 0 aromatic heterocycles. The average molecular weight is 264 g/mol. The van der Waals surface area contributed by atoms with Gasteiger partial charge in [-0.2, -0.15) is 0 Å². The van der Waals surface area contributed by atoms with Gasteiger partial charge in [0.15, 0.2) is 0 Å². The van der Waals surface area contributed by atoms with Crippen molar-refractivity contribution in [2.24, 2.45) is 0 Å². The predicted octanol–water partition coefficient (Wildman–Crippen LogP) is 3.98. The number of alkyl halides is 1. The molecular formula is C13H25FO2S. The summed E-state index contributed by atoms with van der Waals surface area (Å²) < 4.78 is 17.6. The Morgan fingerprint density at radius 3 is 2.59 bits per heavy atom. The van der Waals surface area contributed by atoms with Crippen LogP contribution in [0.1, 0.15) is 52.9 Å². The van der Waals surface area contributed by atoms with Crippen LogP contribution >= 0.6 is 11.8 Å². The maximum Gasteiger partial charge on any atom is 0.318 e. The van der Waals surface area contributed by atoms with Crippen molar-refractivity contribution < 1.29 is 13.9 Å². The van der Waals surface area contributed by atoms with E-state index in [1.54, 1.807) is 18.7 Å². The van der Waals surface area contributed by atoms with E-state index in [9.17, 15) is 9.18 Å². The van der Waals surface area contributed by atoms with Crippen molar-refractivity contribution >= 4 is 17.7 Å². The number of carbonyl (C=O) groups is 1. The third-order valence-electron chi connectivity index (χ3n) is 2.44. The Bertz CT molecular complexity index is 198. The largest absolute Gasteiger partial charge is 0.465 e. The summed E-state index contributed by atoms with van der Waals surface area (Å²) in [5, 5.41) is -0.102. The van der Waals surface area contributed by atoms with Gasteiger partial charge in [0.2, 0.25) is 0 Å². The van der Waals surface area contributed by atoms with Gasteiger partial charge in [-0.05, 0) is 45.3 Å². The van der Waals surface area contributed by atoms with Crippen LogP contribution in [0.4, 0.5) is 4.39 Å². The zero-order valence-electron chi connectivity index (χ0n) is 11.2. The van der Waals surface area contributed by atoms with E-state index in [0.29, 0.717) is 13.0 Å². The number of halogens is 1. The van der Waals surface area contributed by atoms with Gasteiger partial charge >= 0.3 is 5.97 Å². The number of unbranched alkanes of at least 4 members (excludes halogenated alkanes) is 2. The molecule has 0 saturated carbocycles. The molecule has 0 N–H and O–H groups in total. The fraction of sp³-hybridized carbons (Fsp3) is 0.923. The van der Waals surface area contributed by atoms with Gasteiger partial charge in [-0.1, -0.05) is 13.3 Å². The second kappa shape index (κ2) is 10.9. The van der Waals surface area contributed by atoms with Gasteiger partial charge in [-0.15, -0.1) is 11.8 Å². The highest BCUT2D eigenvalue weighted by Gasteiger charge is 2.14. The lowest BCUT2D eigenvalue weighted by Crippen LogP contribution is -2.18. The molecule has 0 heterocycles. The molecule has 0 fully saturated rings. The summed E-state index contributed by atoms with van der Waals surface area (Å²) >= 11 is 1.60. The molecule has 0 aromatic rings. The van der Waals surface area contributed by atoms with Gasteiger partial charge in [0.05, 0.1) is 18.0 Å². The Kier molecular flexibility index (Phi) is 10.7. The third-order valence-corrected chi connectivity index (χ3v) is 3.66. The summed E-state index contributed by atoms with van der Waals surface area (Å²) in [6, 6.07) is 0. The van der Waals surface area contributed by atoms with Crippen molar-refractivity contribution in [3.05, 3.63) is 0 Å². The minimum atomic E-state index is -0.712. The molecule has 0 amide bonds. The first-order valence-electron chi connectivity index (χ1n) is 6.50. The lowest BCUT2D eigenvalue weighted by Gasteiger charge is -2.10. The van der Waals surface area contributed by atoms with Crippen LogP contribution in [-0.2, 0) is 9.53 Å². The molecule has 0 saturated heterocycles. The maximum absolute atomic E-state index is 12.5. The molecule has 2 unspecified atom stereocenters. The number of esters is 1. The average Bonchev–Trinajstić information content (AvgIpc) is 2.28. The molecule has 0 rings (SSSR count). The van der Waals surface area contributed by atoms with Crippen molar-refractivity contribution in [3.63, 3.8) is 0 Å². The van der Waals surface area contributed by atoms with E-state index < -0.39 is 6.17 Å². The van der Waals surface area contributed by atoms with E-state index in [4.69, 9.17) is 4.74 Å². The van der Waals surface area contributed by atoms with E-state index in [-0.39, 0.29) is 11.2 Å². The van der Waals surface area contributed by atoms with Crippen LogP contribution in [0.25, 0.3) is 0 Å². The zero-order valence-corrected chi connectivity index (χ0v) is 12.0. The number of carbonyl (C=O) groups excluding carboxylic acids is 1. The second-order valence-electron chi connectivity index (χ2n) is 4.31. The number of ether oxygens (including phenoxy) is 1. The highest BCUT2D eigenvalue weighted by molar-refractivity contribution is 8.00. The Balaban J connectivity index is 3.43. The molecule has 2 atom stereocenters. The summed E-state index contributed by atoms with van der Waals surface area (Å²) in [6.45, 7) is 6.05. The number of hydrogen-bond donors (Lipinski definition) is 0. The fourth-order valence-corrected chi connectivity index (χ4v) is 2.22. The van der Waals surface area contributed by atoms with E-state index in [0.717, 1.165) is 31.4 Å². The van der Waals surface area contributed by atoms with E-state index >= 15 is 0 Å². The molecule has 0 spiro atoms. The zero-order chi connectivity index (χ0) is 13.1. The van der Waals surface area contributed by atoms with Gasteiger partial charge in [-0.3, -0.25) is 4.79 Å². The first-order chi connectivity index (χ1) is 8.07. The molecule has 0 aliphatic carbocycles. The molecule has 102 valence electrons. The summed E-state index contributed by atoms with van der Waals surface area (Å²) in [6.07, 6.45) is 3.73. The quantitative estimate of drug-likeness (QED) is 0.441. The molecule has 0 aliphatic rings. The Morgan fingerprint density at radius 1 is 1.29 bits per heavy atom. The van der Waals surface area contributed by atoms with Crippen LogP contribution in [0.3, 0.4) is 0 Å². The minimum Gasteiger partial charge on any atom is -0.465 e. The van der Waals surface area contributed by atoms with Crippen LogP contribution < -0.4 is 0 Å². The summed E-state index contributed by atoms with van der Waals surface area (Å²) in [4.78, 5) is 11.5. The standard InChI is InChI=1S/C13H25FO2S/c1-4-5-9-16-13(15)12(3)17-10-7-6-8-11(2)14/h11-12H,4-10H2,1-3H3. The smallest absolute Gasteiger partial charge is 0.318 e. The Morgan fingerprint density at radius 2 is 2.00 bits per heavy atom. The van der Waals surface area contributed by atoms with Crippen LogP contribution in [0, 0.1) is 0 Å². The summed E-state index contributed by atoms with van der Waals surface area (Å²) in [5.41, 5.74) is 0. The van der Waals surface area contributed by atoms with Gasteiger partial charge in [0.25, 0.3) is 0 Å². The van der Waals surface area contributed by atoms with Crippen molar-refractivity contribution in [2.45, 2.75) is 64.3 Å². The first-order valence-corrected chi connectivity index (χ1v) is 7.55. The summed E-state index contributed by atoms with van der Waals surface area (Å²) in [5.74, 6) is 0.777. The number of rotatable bonds is 10. The molecule has 17 heavy (non-hydrogen) atoms. The minimum absolute atomic E-state index is 0.102. The van der Waals surface area contributed by atoms with Gasteiger partial charge in [0, 0.05) is 0 Å². The normalized spacial score (nSPS) is 14.4. The van der Waals surface area contributed by atoms with Crippen molar-refractivity contribution in [2.75, 3.05) is 12.4 Å². The molecular weight excluding hydrogens is 239 g/mol. The second-order valence-corrected chi connectivity index (χ2v) is 5.76. The fourth-order valence-electron chi connectivity index (χ4n) is 1.29. The highest BCUT2D eigenvalue weighted by Crippen LogP contribution is 2.15. The van der Waals surface area contributed by atoms with Crippen molar-refractivity contribution in [1.29, 1.82) is 0 Å². The monoisotopic (exact) mass is 264 g/mol. The van der Waals surface area contributed by atoms with Crippen LogP contribution in [0.15, 0.2) is 0 Å². The van der Waals surface area contributed by atoms with E-state index in [2.05, 4.69) is 6.92 Å². The number of hydrogen-bond acceptors (Lipinski definition) is 3. The summed E-state index contributed by atoms with van der Waals surface area (Å²) in [7, 11) is 0. The SMILES string of the molecule is CCCCOC(=O)C(C)SCCCCC(C)F. The van der Waals surface area contributed by atoms with Gasteiger partial charge in [0.1, 0.15) is 0 Å². The van der Waals surface area contributed by atoms with E-state index in [1.165, 1.54) is 0 Å². The molecule has 0 bridgehead atoms. The van der Waals surface area contributed by atoms with Crippen LogP contribution in [-0.4, -0.2) is 29.8 Å².